The van der Waals surface area contributed by atoms with Crippen molar-refractivity contribution in [2.24, 2.45) is 0 Å². The predicted molar refractivity (Wildman–Crippen MR) is 166 cm³/mol. The quantitative estimate of drug-likeness (QED) is 0.176. The number of amides is 3. The lowest BCUT2D eigenvalue weighted by Crippen LogP contribution is -2.22. The number of nitrogens with one attached hydrogen (secondary N) is 3. The Kier molecular flexibility index (Phi) is 9.85. The van der Waals surface area contributed by atoms with Crippen LogP contribution in [0.5, 0.6) is 11.5 Å². The van der Waals surface area contributed by atoms with Crippen LogP contribution in [0.1, 0.15) is 38.1 Å². The molecule has 1 aromatic heterocycles. The molecule has 214 valence electrons. The second-order valence-electron chi connectivity index (χ2n) is 8.99. The molecule has 0 fully saturated rings. The van der Waals surface area contributed by atoms with Gasteiger partial charge in [0.1, 0.15) is 11.1 Å². The van der Waals surface area contributed by atoms with Crippen LogP contribution in [0.25, 0.3) is 0 Å². The van der Waals surface area contributed by atoms with Gasteiger partial charge in [0.2, 0.25) is 5.91 Å². The van der Waals surface area contributed by atoms with Gasteiger partial charge in [0.25, 0.3) is 11.8 Å². The molecule has 1 unspecified atom stereocenters. The number of carbonyl (C=O) groups is 3. The van der Waals surface area contributed by atoms with E-state index in [1.54, 1.807) is 62.4 Å². The molecule has 9 nitrogen and oxygen atoms in total. The zero-order valence-electron chi connectivity index (χ0n) is 23.3. The van der Waals surface area contributed by atoms with E-state index in [-0.39, 0.29) is 23.3 Å². The molecule has 0 aliphatic heterocycles. The Bertz CT molecular complexity index is 1660. The third kappa shape index (κ3) is 7.09. The Balaban J connectivity index is 1.42. The molecule has 0 aliphatic rings. The summed E-state index contributed by atoms with van der Waals surface area (Å²) in [6.07, 6.45) is 0. The summed E-state index contributed by atoms with van der Waals surface area (Å²) in [5.74, 6) is -0.0413. The summed E-state index contributed by atoms with van der Waals surface area (Å²) in [5.41, 5.74) is 2.34. The van der Waals surface area contributed by atoms with Gasteiger partial charge in [-0.15, -0.1) is 23.1 Å². The fourth-order valence-electron chi connectivity index (χ4n) is 3.96. The maximum atomic E-state index is 13.1. The van der Waals surface area contributed by atoms with E-state index < -0.39 is 5.25 Å². The average Bonchev–Trinajstić information content (AvgIpc) is 3.31. The minimum absolute atomic E-state index is 0.253. The number of rotatable bonds is 10. The number of benzene rings is 3. The molecule has 4 aromatic rings. The van der Waals surface area contributed by atoms with Crippen LogP contribution in [0.4, 0.5) is 16.4 Å². The van der Waals surface area contributed by atoms with E-state index in [0.717, 1.165) is 16.2 Å². The third-order valence-corrected chi connectivity index (χ3v) is 8.45. The van der Waals surface area contributed by atoms with Crippen molar-refractivity contribution in [3.8, 4) is 17.6 Å². The fraction of sp³-hybridized carbons (Fsp3) is 0.161. The Labute approximate surface area is 251 Å². The smallest absolute Gasteiger partial charge is 0.266 e. The average molecular weight is 601 g/mol. The van der Waals surface area contributed by atoms with Gasteiger partial charge in [0, 0.05) is 21.8 Å². The summed E-state index contributed by atoms with van der Waals surface area (Å²) >= 11 is 2.36. The predicted octanol–water partition coefficient (Wildman–Crippen LogP) is 6.57. The number of methoxy groups -OCH3 is 2. The first kappa shape index (κ1) is 30.2. The number of carbonyl (C=O) groups excluding carboxylic acids is 3. The van der Waals surface area contributed by atoms with Gasteiger partial charge in [-0.3, -0.25) is 14.4 Å². The van der Waals surface area contributed by atoms with Crippen molar-refractivity contribution < 1.29 is 23.9 Å². The molecule has 1 heterocycles. The van der Waals surface area contributed by atoms with Crippen LogP contribution < -0.4 is 25.4 Å². The molecule has 0 aliphatic carbocycles. The molecule has 4 rings (SSSR count). The summed E-state index contributed by atoms with van der Waals surface area (Å²) < 4.78 is 10.5. The number of thiophene rings is 1. The van der Waals surface area contributed by atoms with E-state index in [2.05, 4.69) is 22.0 Å². The first-order valence-electron chi connectivity index (χ1n) is 12.7. The largest absolute Gasteiger partial charge is 0.493 e. The van der Waals surface area contributed by atoms with Crippen molar-refractivity contribution >= 4 is 57.2 Å². The first-order valence-corrected chi connectivity index (χ1v) is 14.4. The van der Waals surface area contributed by atoms with Crippen molar-refractivity contribution in [2.45, 2.75) is 24.0 Å². The van der Waals surface area contributed by atoms with Crippen LogP contribution in [0.3, 0.4) is 0 Å². The van der Waals surface area contributed by atoms with Gasteiger partial charge in [-0.1, -0.05) is 24.3 Å². The molecule has 3 N–H and O–H groups in total. The summed E-state index contributed by atoms with van der Waals surface area (Å²) in [4.78, 5) is 39.9. The Hall–Kier alpha value is -4.79. The highest BCUT2D eigenvalue weighted by molar-refractivity contribution is 8.00. The first-order chi connectivity index (χ1) is 20.2. The highest BCUT2D eigenvalue weighted by atomic mass is 32.2. The Morgan fingerprint density at radius 2 is 1.55 bits per heavy atom. The summed E-state index contributed by atoms with van der Waals surface area (Å²) in [6.45, 7) is 3.43. The van der Waals surface area contributed by atoms with Crippen molar-refractivity contribution in [1.29, 1.82) is 5.26 Å². The maximum absolute atomic E-state index is 13.1. The zero-order valence-corrected chi connectivity index (χ0v) is 24.9. The zero-order chi connectivity index (χ0) is 30.2. The molecular formula is C31H28N4O5S2. The normalized spacial score (nSPS) is 11.1. The number of ether oxygens (including phenoxy) is 2. The number of nitriles is 1. The van der Waals surface area contributed by atoms with Gasteiger partial charge in [0.05, 0.1) is 29.9 Å². The van der Waals surface area contributed by atoms with Crippen molar-refractivity contribution in [2.75, 3.05) is 30.2 Å². The van der Waals surface area contributed by atoms with E-state index in [4.69, 9.17) is 9.47 Å². The summed E-state index contributed by atoms with van der Waals surface area (Å²) in [7, 11) is 3.02. The standard InChI is InChI=1S/C31H28N4O5S2/c1-18-24(17-32)31(42-27(18)30(38)33-21-9-6-5-7-10-21)35-28(36)19(2)41-23-12-8-11-22(16-23)34-29(37)20-13-14-25(39-3)26(15-20)40-4/h5-16,19H,1-4H3,(H,33,38)(H,34,37)(H,35,36). The molecule has 3 aromatic carbocycles. The molecule has 3 amide bonds. The molecule has 1 atom stereocenters. The number of para-hydroxylation sites is 1. The van der Waals surface area contributed by atoms with Crippen LogP contribution in [-0.2, 0) is 4.79 Å². The number of hydrogen-bond donors (Lipinski definition) is 3. The van der Waals surface area contributed by atoms with E-state index in [1.165, 1.54) is 26.0 Å². The monoisotopic (exact) mass is 600 g/mol. The summed E-state index contributed by atoms with van der Waals surface area (Å²) in [6, 6.07) is 23.1. The van der Waals surface area contributed by atoms with Crippen LogP contribution in [0.2, 0.25) is 0 Å². The molecule has 0 saturated heterocycles. The number of anilines is 3. The van der Waals surface area contributed by atoms with Crippen LogP contribution in [0.15, 0.2) is 77.7 Å². The Morgan fingerprint density at radius 1 is 0.857 bits per heavy atom. The van der Waals surface area contributed by atoms with Gasteiger partial charge in [-0.05, 0) is 67.9 Å². The topological polar surface area (TPSA) is 130 Å². The summed E-state index contributed by atoms with van der Waals surface area (Å²) in [5, 5.41) is 18.0. The molecule has 11 heteroatoms. The highest BCUT2D eigenvalue weighted by Gasteiger charge is 2.24. The molecule has 0 bridgehead atoms. The molecule has 42 heavy (non-hydrogen) atoms. The maximum Gasteiger partial charge on any atom is 0.266 e. The minimum atomic E-state index is -0.544. The van der Waals surface area contributed by atoms with E-state index in [1.807, 2.05) is 24.3 Å². The van der Waals surface area contributed by atoms with E-state index >= 15 is 0 Å². The fourth-order valence-corrected chi connectivity index (χ4v) is 5.94. The Morgan fingerprint density at radius 3 is 2.24 bits per heavy atom. The van der Waals surface area contributed by atoms with E-state index in [9.17, 15) is 19.6 Å². The lowest BCUT2D eigenvalue weighted by Gasteiger charge is -2.13. The van der Waals surface area contributed by atoms with Crippen LogP contribution in [0, 0.1) is 18.3 Å². The second-order valence-corrected chi connectivity index (χ2v) is 11.4. The van der Waals surface area contributed by atoms with Crippen LogP contribution >= 0.6 is 23.1 Å². The van der Waals surface area contributed by atoms with Crippen molar-refractivity contribution in [3.63, 3.8) is 0 Å². The molecular weight excluding hydrogens is 572 g/mol. The SMILES string of the molecule is COc1ccc(C(=O)Nc2cccc(SC(C)C(=O)Nc3sc(C(=O)Nc4ccccc4)c(C)c3C#N)c2)cc1OC. The highest BCUT2D eigenvalue weighted by Crippen LogP contribution is 2.34. The number of hydrogen-bond acceptors (Lipinski definition) is 8. The third-order valence-electron chi connectivity index (χ3n) is 6.15. The number of thioether (sulfide) groups is 1. The molecule has 0 spiro atoms. The van der Waals surface area contributed by atoms with Gasteiger partial charge in [-0.2, -0.15) is 5.26 Å². The van der Waals surface area contributed by atoms with Crippen LogP contribution in [-0.4, -0.2) is 37.2 Å². The lowest BCUT2D eigenvalue weighted by molar-refractivity contribution is -0.115. The lowest BCUT2D eigenvalue weighted by atomic mass is 10.1. The minimum Gasteiger partial charge on any atom is -0.493 e. The second kappa shape index (κ2) is 13.7. The van der Waals surface area contributed by atoms with Gasteiger partial charge in [0.15, 0.2) is 11.5 Å². The molecule has 0 saturated carbocycles. The molecule has 0 radical (unpaired) electrons. The van der Waals surface area contributed by atoms with Gasteiger partial charge < -0.3 is 25.4 Å². The van der Waals surface area contributed by atoms with E-state index in [0.29, 0.717) is 43.9 Å². The van der Waals surface area contributed by atoms with Gasteiger partial charge in [-0.25, -0.2) is 0 Å². The number of nitrogens with zero attached hydrogens (tertiary/aromatic N) is 1. The van der Waals surface area contributed by atoms with Crippen molar-refractivity contribution in [3.05, 3.63) is 94.4 Å². The van der Waals surface area contributed by atoms with Crippen molar-refractivity contribution in [1.82, 2.24) is 0 Å². The van der Waals surface area contributed by atoms with Gasteiger partial charge >= 0.3 is 0 Å².